The molecule has 1 heterocycles. The van der Waals surface area contributed by atoms with Crippen LogP contribution < -0.4 is 0 Å². The summed E-state index contributed by atoms with van der Waals surface area (Å²) in [5.74, 6) is 0.750. The van der Waals surface area contributed by atoms with Crippen LogP contribution in [0.25, 0.3) is 17.0 Å². The number of nitrogens with zero attached hydrogens (tertiary/aromatic N) is 1. The van der Waals surface area contributed by atoms with Gasteiger partial charge in [0.15, 0.2) is 0 Å². The molecule has 0 aliphatic rings. The number of hydrogen-bond acceptors (Lipinski definition) is 1. The summed E-state index contributed by atoms with van der Waals surface area (Å²) in [5, 5.41) is 1.44. The number of para-hydroxylation sites is 1. The first-order valence-corrected chi connectivity index (χ1v) is 10.6. The molecule has 0 atom stereocenters. The van der Waals surface area contributed by atoms with Crippen molar-refractivity contribution in [3.63, 3.8) is 0 Å². The molecule has 2 aromatic rings. The van der Waals surface area contributed by atoms with Crippen LogP contribution in [0.1, 0.15) is 26.3 Å². The molecule has 0 spiro atoms. The van der Waals surface area contributed by atoms with E-state index >= 15 is 0 Å². The molecule has 2 nitrogen and oxygen atoms in total. The fraction of sp³-hybridized carbons (Fsp3) is 0.368. The lowest BCUT2D eigenvalue weighted by Gasteiger charge is -2.36. The average molecular weight is 314 g/mol. The molecular formula is C19H27NOSi. The summed E-state index contributed by atoms with van der Waals surface area (Å²) in [6.07, 6.45) is 6.22. The molecule has 1 aromatic heterocycles. The Morgan fingerprint density at radius 3 is 2.50 bits per heavy atom. The van der Waals surface area contributed by atoms with Crippen LogP contribution in [0.4, 0.5) is 0 Å². The number of aryl methyl sites for hydroxylation is 1. The number of hydrogen-bond donors (Lipinski definition) is 0. The van der Waals surface area contributed by atoms with Crippen molar-refractivity contribution in [1.29, 1.82) is 0 Å². The maximum Gasteiger partial charge on any atom is 0.250 e. The Morgan fingerprint density at radius 1 is 1.23 bits per heavy atom. The fourth-order valence-corrected chi connectivity index (χ4v) is 3.23. The van der Waals surface area contributed by atoms with E-state index < -0.39 is 8.32 Å². The Morgan fingerprint density at radius 2 is 1.86 bits per heavy atom. The maximum absolute atomic E-state index is 6.19. The highest BCUT2D eigenvalue weighted by Crippen LogP contribution is 2.37. The van der Waals surface area contributed by atoms with Gasteiger partial charge in [0.1, 0.15) is 0 Å². The highest BCUT2D eigenvalue weighted by Gasteiger charge is 2.38. The first-order valence-electron chi connectivity index (χ1n) is 7.72. The van der Waals surface area contributed by atoms with Crippen LogP contribution >= 0.6 is 0 Å². The van der Waals surface area contributed by atoms with Gasteiger partial charge in [0.25, 0.3) is 0 Å². The van der Waals surface area contributed by atoms with Gasteiger partial charge in [0.2, 0.25) is 8.32 Å². The van der Waals surface area contributed by atoms with Gasteiger partial charge < -0.3 is 8.99 Å². The highest BCUT2D eigenvalue weighted by atomic mass is 28.4. The minimum Gasteiger partial charge on any atom is -0.544 e. The molecule has 0 fully saturated rings. The van der Waals surface area contributed by atoms with E-state index in [4.69, 9.17) is 4.43 Å². The summed E-state index contributed by atoms with van der Waals surface area (Å²) in [6, 6.07) is 8.41. The first-order chi connectivity index (χ1) is 10.1. The van der Waals surface area contributed by atoms with E-state index in [1.165, 1.54) is 16.5 Å². The monoisotopic (exact) mass is 313 g/mol. The van der Waals surface area contributed by atoms with Gasteiger partial charge >= 0.3 is 0 Å². The smallest absolute Gasteiger partial charge is 0.250 e. The lowest BCUT2D eigenvalue weighted by molar-refractivity contribution is 0.402. The lowest BCUT2D eigenvalue weighted by Crippen LogP contribution is -2.40. The van der Waals surface area contributed by atoms with Gasteiger partial charge in [-0.2, -0.15) is 0 Å². The first kappa shape index (κ1) is 16.6. The van der Waals surface area contributed by atoms with Crippen molar-refractivity contribution in [2.75, 3.05) is 0 Å². The summed E-state index contributed by atoms with van der Waals surface area (Å²) < 4.78 is 8.34. The van der Waals surface area contributed by atoms with Gasteiger partial charge in [0.05, 0.1) is 5.76 Å². The Bertz CT molecular complexity index is 717. The molecule has 0 bridgehead atoms. The zero-order valence-electron chi connectivity index (χ0n) is 14.6. The molecular weight excluding hydrogens is 286 g/mol. The van der Waals surface area contributed by atoms with E-state index in [0.29, 0.717) is 0 Å². The minimum absolute atomic E-state index is 0.184. The van der Waals surface area contributed by atoms with Crippen LogP contribution in [0.15, 0.2) is 48.9 Å². The van der Waals surface area contributed by atoms with Gasteiger partial charge in [-0.3, -0.25) is 0 Å². The highest BCUT2D eigenvalue weighted by molar-refractivity contribution is 6.74. The molecule has 118 valence electrons. The van der Waals surface area contributed by atoms with Gasteiger partial charge in [-0.15, -0.1) is 0 Å². The summed E-state index contributed by atoms with van der Waals surface area (Å²) in [5.41, 5.74) is 2.43. The molecule has 1 aromatic carbocycles. The predicted octanol–water partition coefficient (Wildman–Crippen LogP) is 5.73. The van der Waals surface area contributed by atoms with E-state index in [2.05, 4.69) is 88.6 Å². The molecule has 0 radical (unpaired) electrons. The van der Waals surface area contributed by atoms with Gasteiger partial charge in [-0.1, -0.05) is 45.5 Å². The topological polar surface area (TPSA) is 14.2 Å². The van der Waals surface area contributed by atoms with Crippen LogP contribution in [-0.2, 0) is 11.5 Å². The number of benzene rings is 1. The van der Waals surface area contributed by atoms with Gasteiger partial charge in [-0.05, 0) is 36.4 Å². The Labute approximate surface area is 135 Å². The summed E-state index contributed by atoms with van der Waals surface area (Å²) in [7, 11) is 0.259. The molecule has 0 N–H and O–H groups in total. The third-order valence-corrected chi connectivity index (χ3v) is 8.95. The predicted molar refractivity (Wildman–Crippen MR) is 99.4 cm³/mol. The number of aromatic nitrogens is 1. The summed E-state index contributed by atoms with van der Waals surface area (Å²) >= 11 is 0. The van der Waals surface area contributed by atoms with Crippen molar-refractivity contribution in [2.45, 2.75) is 38.9 Å². The van der Waals surface area contributed by atoms with Crippen LogP contribution in [-0.4, -0.2) is 12.9 Å². The van der Waals surface area contributed by atoms with E-state index in [1.54, 1.807) is 0 Å². The standard InChI is InChI=1S/C19H27NOSi/c1-15(21-22(6,7)19(2,3)4)12-13-16-14-20(5)18-11-9-8-10-17(16)18/h8-14H,1H2,2-7H3/b13-12+. The number of fused-ring (bicyclic) bond motifs is 1. The van der Waals surface area contributed by atoms with E-state index in [-0.39, 0.29) is 5.04 Å². The van der Waals surface area contributed by atoms with Crippen LogP contribution in [0.2, 0.25) is 18.1 Å². The van der Waals surface area contributed by atoms with Crippen molar-refractivity contribution in [3.05, 3.63) is 54.4 Å². The van der Waals surface area contributed by atoms with Gasteiger partial charge in [0, 0.05) is 29.7 Å². The molecule has 0 aliphatic heterocycles. The molecule has 0 aliphatic carbocycles. The number of allylic oxidation sites excluding steroid dienone is 1. The largest absolute Gasteiger partial charge is 0.544 e. The van der Waals surface area contributed by atoms with Crippen molar-refractivity contribution in [2.24, 2.45) is 7.05 Å². The Balaban J connectivity index is 2.19. The van der Waals surface area contributed by atoms with Crippen molar-refractivity contribution < 1.29 is 4.43 Å². The normalized spacial score (nSPS) is 13.0. The van der Waals surface area contributed by atoms with Crippen molar-refractivity contribution >= 4 is 25.3 Å². The minimum atomic E-state index is -1.81. The van der Waals surface area contributed by atoms with Crippen LogP contribution in [0, 0.1) is 0 Å². The average Bonchev–Trinajstić information content (AvgIpc) is 2.72. The molecule has 0 amide bonds. The second-order valence-corrected chi connectivity index (χ2v) is 12.1. The maximum atomic E-state index is 6.19. The fourth-order valence-electron chi connectivity index (χ4n) is 2.20. The Kier molecular flexibility index (Phi) is 4.39. The van der Waals surface area contributed by atoms with E-state index in [9.17, 15) is 0 Å². The zero-order chi connectivity index (χ0) is 16.5. The second-order valence-electron chi connectivity index (χ2n) is 7.37. The zero-order valence-corrected chi connectivity index (χ0v) is 15.6. The summed E-state index contributed by atoms with van der Waals surface area (Å²) in [4.78, 5) is 0. The molecule has 22 heavy (non-hydrogen) atoms. The second kappa shape index (κ2) is 5.80. The third kappa shape index (κ3) is 3.35. The van der Waals surface area contributed by atoms with Crippen molar-refractivity contribution in [1.82, 2.24) is 4.57 Å². The third-order valence-electron chi connectivity index (χ3n) is 4.57. The molecule has 0 saturated heterocycles. The van der Waals surface area contributed by atoms with E-state index in [1.807, 2.05) is 6.08 Å². The molecule has 3 heteroatoms. The van der Waals surface area contributed by atoms with Crippen LogP contribution in [0.5, 0.6) is 0 Å². The molecule has 0 saturated carbocycles. The SMILES string of the molecule is C=C(/C=C/c1cn(C)c2ccccc12)O[Si](C)(C)C(C)(C)C. The van der Waals surface area contributed by atoms with Gasteiger partial charge in [-0.25, -0.2) is 0 Å². The van der Waals surface area contributed by atoms with Crippen LogP contribution in [0.3, 0.4) is 0 Å². The quantitative estimate of drug-likeness (QED) is 0.399. The van der Waals surface area contributed by atoms with Crippen molar-refractivity contribution in [3.8, 4) is 0 Å². The summed E-state index contributed by atoms with van der Waals surface area (Å²) in [6.45, 7) is 15.3. The Hall–Kier alpha value is -1.74. The number of rotatable bonds is 4. The molecule has 0 unspecified atom stereocenters. The molecule has 2 rings (SSSR count). The lowest BCUT2D eigenvalue weighted by atomic mass is 10.1. The van der Waals surface area contributed by atoms with E-state index in [0.717, 1.165) is 5.76 Å².